The highest BCUT2D eigenvalue weighted by molar-refractivity contribution is 6.01. The Kier molecular flexibility index (Phi) is 4.36. The second-order valence-corrected chi connectivity index (χ2v) is 5.85. The smallest absolute Gasteiger partial charge is 0.382 e. The molecule has 7 heteroatoms. The van der Waals surface area contributed by atoms with Crippen LogP contribution in [0.2, 0.25) is 0 Å². The van der Waals surface area contributed by atoms with Crippen LogP contribution < -0.4 is 5.32 Å². The fourth-order valence-electron chi connectivity index (χ4n) is 3.11. The number of aliphatic hydroxyl groups is 1. The van der Waals surface area contributed by atoms with E-state index in [1.165, 1.54) is 0 Å². The largest absolute Gasteiger partial charge is 0.416 e. The molecule has 2 amide bonds. The number of hydrogen-bond acceptors (Lipinski definition) is 2. The number of aliphatic hydroxyl groups excluding tert-OH is 1. The van der Waals surface area contributed by atoms with Crippen molar-refractivity contribution in [3.63, 3.8) is 0 Å². The van der Waals surface area contributed by atoms with Crippen LogP contribution >= 0.6 is 0 Å². The Morgan fingerprint density at radius 2 is 1.92 bits per heavy atom. The Morgan fingerprint density at radius 3 is 2.67 bits per heavy atom. The van der Waals surface area contributed by atoms with E-state index in [1.54, 1.807) is 12.1 Å². The van der Waals surface area contributed by atoms with Crippen LogP contribution in [0.25, 0.3) is 10.8 Å². The van der Waals surface area contributed by atoms with Crippen LogP contribution in [0, 0.1) is 0 Å². The lowest BCUT2D eigenvalue weighted by Crippen LogP contribution is -2.50. The van der Waals surface area contributed by atoms with Gasteiger partial charge in [-0.25, -0.2) is 4.79 Å². The van der Waals surface area contributed by atoms with E-state index in [0.717, 1.165) is 15.7 Å². The van der Waals surface area contributed by atoms with Gasteiger partial charge in [0.2, 0.25) is 0 Å². The number of fused-ring (bicyclic) bond motifs is 1. The molecule has 1 fully saturated rings. The van der Waals surface area contributed by atoms with Crippen LogP contribution in [0.4, 0.5) is 23.7 Å². The number of alkyl halides is 3. The molecule has 0 saturated carbocycles. The third kappa shape index (κ3) is 3.17. The molecule has 2 aromatic rings. The molecule has 0 spiro atoms. The summed E-state index contributed by atoms with van der Waals surface area (Å²) >= 11 is 0. The average Bonchev–Trinajstić information content (AvgIpc) is 3.03. The molecular weight excluding hydrogens is 321 g/mol. The van der Waals surface area contributed by atoms with Crippen LogP contribution in [0.1, 0.15) is 12.8 Å². The van der Waals surface area contributed by atoms with Crippen LogP contribution in [0.15, 0.2) is 42.5 Å². The van der Waals surface area contributed by atoms with E-state index in [1.807, 2.05) is 30.3 Å². The van der Waals surface area contributed by atoms with Gasteiger partial charge in [0.25, 0.3) is 0 Å². The lowest BCUT2D eigenvalue weighted by Gasteiger charge is -2.30. The first-order chi connectivity index (χ1) is 11.4. The Labute approximate surface area is 136 Å². The van der Waals surface area contributed by atoms with Crippen molar-refractivity contribution >= 4 is 22.5 Å². The number of nitrogens with zero attached hydrogens (tertiary/aromatic N) is 1. The zero-order valence-corrected chi connectivity index (χ0v) is 12.8. The van der Waals surface area contributed by atoms with E-state index in [-0.39, 0.29) is 13.0 Å². The average molecular weight is 338 g/mol. The molecule has 2 aromatic carbocycles. The first-order valence-electron chi connectivity index (χ1n) is 7.68. The van der Waals surface area contributed by atoms with Gasteiger partial charge in [-0.2, -0.15) is 13.2 Å². The third-order valence-corrected chi connectivity index (χ3v) is 4.29. The topological polar surface area (TPSA) is 52.6 Å². The highest BCUT2D eigenvalue weighted by Crippen LogP contribution is 2.31. The van der Waals surface area contributed by atoms with Gasteiger partial charge in [-0.15, -0.1) is 0 Å². The number of benzene rings is 2. The van der Waals surface area contributed by atoms with Crippen molar-refractivity contribution < 1.29 is 23.1 Å². The van der Waals surface area contributed by atoms with Gasteiger partial charge in [-0.05, 0) is 24.3 Å². The molecule has 0 unspecified atom stereocenters. The van der Waals surface area contributed by atoms with Gasteiger partial charge in [-0.1, -0.05) is 36.4 Å². The minimum atomic E-state index is -4.74. The standard InChI is InChI=1S/C17H17F3N2O2/c18-17(19,20)15(23)14-9-4-10-22(14)16(24)21-13-8-3-6-11-5-1-2-7-12(11)13/h1-3,5-8,14-15,23H,4,9-10H2,(H,21,24)/t14-,15+/m0/s1. The molecule has 1 aliphatic heterocycles. The number of likely N-dealkylation sites (tertiary alicyclic amines) is 1. The maximum Gasteiger partial charge on any atom is 0.416 e. The Bertz CT molecular complexity index is 743. The second kappa shape index (κ2) is 6.32. The summed E-state index contributed by atoms with van der Waals surface area (Å²) in [6.45, 7) is 0.189. The Morgan fingerprint density at radius 1 is 1.21 bits per heavy atom. The van der Waals surface area contributed by atoms with E-state index < -0.39 is 24.4 Å². The summed E-state index contributed by atoms with van der Waals surface area (Å²) in [5.41, 5.74) is 0.533. The number of amides is 2. The lowest BCUT2D eigenvalue weighted by atomic mass is 10.1. The van der Waals surface area contributed by atoms with Gasteiger partial charge in [0.1, 0.15) is 0 Å². The second-order valence-electron chi connectivity index (χ2n) is 5.85. The minimum Gasteiger partial charge on any atom is -0.382 e. The summed E-state index contributed by atoms with van der Waals surface area (Å²) in [4.78, 5) is 13.5. The fourth-order valence-corrected chi connectivity index (χ4v) is 3.11. The lowest BCUT2D eigenvalue weighted by molar-refractivity contribution is -0.216. The number of urea groups is 1. The van der Waals surface area contributed by atoms with Crippen molar-refractivity contribution in [3.05, 3.63) is 42.5 Å². The summed E-state index contributed by atoms with van der Waals surface area (Å²) in [6, 6.07) is 10.9. The van der Waals surface area contributed by atoms with Crippen LogP contribution in [0.5, 0.6) is 0 Å². The molecule has 0 radical (unpaired) electrons. The Balaban J connectivity index is 1.81. The predicted molar refractivity (Wildman–Crippen MR) is 84.8 cm³/mol. The molecule has 3 rings (SSSR count). The first kappa shape index (κ1) is 16.6. The molecule has 128 valence electrons. The fraction of sp³-hybridized carbons (Fsp3) is 0.353. The van der Waals surface area contributed by atoms with Crippen molar-refractivity contribution in [2.75, 3.05) is 11.9 Å². The number of carbonyl (C=O) groups excluding carboxylic acids is 1. The molecule has 1 aliphatic rings. The summed E-state index contributed by atoms with van der Waals surface area (Å²) in [6.07, 6.45) is -6.71. The van der Waals surface area contributed by atoms with Crippen molar-refractivity contribution in [1.82, 2.24) is 4.90 Å². The van der Waals surface area contributed by atoms with E-state index in [0.29, 0.717) is 12.1 Å². The summed E-state index contributed by atoms with van der Waals surface area (Å²) in [7, 11) is 0. The molecule has 24 heavy (non-hydrogen) atoms. The van der Waals surface area contributed by atoms with Gasteiger partial charge in [-0.3, -0.25) is 0 Å². The molecule has 1 saturated heterocycles. The van der Waals surface area contributed by atoms with Gasteiger partial charge in [0.05, 0.1) is 11.7 Å². The maximum atomic E-state index is 12.8. The van der Waals surface area contributed by atoms with Gasteiger partial charge < -0.3 is 15.3 Å². The highest BCUT2D eigenvalue weighted by atomic mass is 19.4. The van der Waals surface area contributed by atoms with E-state index in [9.17, 15) is 23.1 Å². The zero-order valence-electron chi connectivity index (χ0n) is 12.8. The third-order valence-electron chi connectivity index (χ3n) is 4.29. The van der Waals surface area contributed by atoms with E-state index in [2.05, 4.69) is 5.32 Å². The minimum absolute atomic E-state index is 0.129. The number of hydrogen-bond donors (Lipinski definition) is 2. The normalized spacial score (nSPS) is 19.5. The van der Waals surface area contributed by atoms with Gasteiger partial charge >= 0.3 is 12.2 Å². The molecule has 2 N–H and O–H groups in total. The van der Waals surface area contributed by atoms with Crippen molar-refractivity contribution in [3.8, 4) is 0 Å². The van der Waals surface area contributed by atoms with Crippen molar-refractivity contribution in [1.29, 1.82) is 0 Å². The van der Waals surface area contributed by atoms with Gasteiger partial charge in [0.15, 0.2) is 6.10 Å². The predicted octanol–water partition coefficient (Wildman–Crippen LogP) is 3.76. The summed E-state index contributed by atoms with van der Waals surface area (Å²) < 4.78 is 38.3. The van der Waals surface area contributed by atoms with Crippen molar-refractivity contribution in [2.24, 2.45) is 0 Å². The summed E-state index contributed by atoms with van der Waals surface area (Å²) in [5, 5.41) is 13.9. The number of rotatable bonds is 2. The van der Waals surface area contributed by atoms with E-state index in [4.69, 9.17) is 0 Å². The quantitative estimate of drug-likeness (QED) is 0.876. The van der Waals surface area contributed by atoms with Crippen LogP contribution in [-0.2, 0) is 0 Å². The molecule has 4 nitrogen and oxygen atoms in total. The monoisotopic (exact) mass is 338 g/mol. The molecule has 1 heterocycles. The SMILES string of the molecule is O=C(Nc1cccc2ccccc12)N1CCC[C@H]1[C@@H](O)C(F)(F)F. The molecular formula is C17H17F3N2O2. The number of anilines is 1. The molecule has 0 bridgehead atoms. The number of halogens is 3. The summed E-state index contributed by atoms with van der Waals surface area (Å²) in [5.74, 6) is 0. The molecule has 0 aliphatic carbocycles. The maximum absolute atomic E-state index is 12.8. The Hall–Kier alpha value is -2.28. The van der Waals surface area contributed by atoms with Crippen LogP contribution in [-0.4, -0.2) is 40.9 Å². The zero-order chi connectivity index (χ0) is 17.3. The first-order valence-corrected chi connectivity index (χ1v) is 7.68. The van der Waals surface area contributed by atoms with Crippen LogP contribution in [0.3, 0.4) is 0 Å². The number of carbonyl (C=O) groups is 1. The molecule has 0 aromatic heterocycles. The van der Waals surface area contributed by atoms with Crippen molar-refractivity contribution in [2.45, 2.75) is 31.2 Å². The van der Waals surface area contributed by atoms with E-state index >= 15 is 0 Å². The molecule has 2 atom stereocenters. The number of nitrogens with one attached hydrogen (secondary N) is 1. The highest BCUT2D eigenvalue weighted by Gasteiger charge is 2.48. The van der Waals surface area contributed by atoms with Gasteiger partial charge in [0, 0.05) is 11.9 Å².